The highest BCUT2D eigenvalue weighted by Crippen LogP contribution is 2.21. The number of carbonyl (C=O) groups excluding carboxylic acids is 1. The van der Waals surface area contributed by atoms with E-state index in [0.29, 0.717) is 6.54 Å². The summed E-state index contributed by atoms with van der Waals surface area (Å²) in [6, 6.07) is 4.08. The van der Waals surface area contributed by atoms with Crippen LogP contribution in [0.15, 0.2) is 24.3 Å². The van der Waals surface area contributed by atoms with E-state index in [1.807, 2.05) is 13.8 Å². The second-order valence-electron chi connectivity index (χ2n) is 5.35. The first-order valence-electron chi connectivity index (χ1n) is 6.65. The molecule has 0 aromatic heterocycles. The highest BCUT2D eigenvalue weighted by molar-refractivity contribution is 7.92. The highest BCUT2D eigenvalue weighted by atomic mass is 32.2. The Balaban J connectivity index is 3.03. The molecule has 1 aromatic rings. The molecule has 0 radical (unpaired) electrons. The summed E-state index contributed by atoms with van der Waals surface area (Å²) in [5, 5.41) is 2.70. The Hall–Kier alpha value is -1.63. The lowest BCUT2D eigenvalue weighted by Gasteiger charge is -2.28. The Morgan fingerprint density at radius 1 is 1.24 bits per heavy atom. The molecule has 7 heteroatoms. The van der Waals surface area contributed by atoms with Crippen LogP contribution in [0.1, 0.15) is 20.8 Å². The zero-order chi connectivity index (χ0) is 16.2. The fraction of sp³-hybridized carbons (Fsp3) is 0.500. The molecule has 0 saturated carbocycles. The summed E-state index contributed by atoms with van der Waals surface area (Å²) >= 11 is 0. The molecule has 0 spiro atoms. The molecule has 21 heavy (non-hydrogen) atoms. The molecule has 118 valence electrons. The minimum Gasteiger partial charge on any atom is -0.354 e. The number of nitrogens with zero attached hydrogens (tertiary/aromatic N) is 1. The van der Waals surface area contributed by atoms with Gasteiger partial charge in [0.1, 0.15) is 11.9 Å². The molecule has 1 N–H and O–H groups in total. The molecule has 0 unspecified atom stereocenters. The quantitative estimate of drug-likeness (QED) is 0.869. The molecule has 0 saturated heterocycles. The van der Waals surface area contributed by atoms with Gasteiger partial charge >= 0.3 is 0 Å². The van der Waals surface area contributed by atoms with E-state index < -0.39 is 27.8 Å². The SMILES string of the molecule is CC(C)CNC(=O)[C@H](C)N(c1ccc(F)cc1)S(C)(=O)=O. The Labute approximate surface area is 125 Å². The van der Waals surface area contributed by atoms with Crippen LogP contribution in [0.3, 0.4) is 0 Å². The van der Waals surface area contributed by atoms with Gasteiger partial charge in [-0.2, -0.15) is 0 Å². The molecule has 1 atom stereocenters. The van der Waals surface area contributed by atoms with E-state index in [4.69, 9.17) is 0 Å². The largest absolute Gasteiger partial charge is 0.354 e. The van der Waals surface area contributed by atoms with E-state index in [-0.39, 0.29) is 11.6 Å². The average molecular weight is 316 g/mol. The van der Waals surface area contributed by atoms with Gasteiger partial charge in [0.25, 0.3) is 0 Å². The van der Waals surface area contributed by atoms with Gasteiger partial charge in [-0.25, -0.2) is 12.8 Å². The smallest absolute Gasteiger partial charge is 0.243 e. The molecule has 5 nitrogen and oxygen atoms in total. The second-order valence-corrected chi connectivity index (χ2v) is 7.21. The minimum atomic E-state index is -3.66. The van der Waals surface area contributed by atoms with Crippen molar-refractivity contribution < 1.29 is 17.6 Å². The van der Waals surface area contributed by atoms with Crippen LogP contribution in [0.25, 0.3) is 0 Å². The Bertz CT molecular complexity index is 585. The first kappa shape index (κ1) is 17.4. The monoisotopic (exact) mass is 316 g/mol. The van der Waals surface area contributed by atoms with Crippen LogP contribution in [0.2, 0.25) is 0 Å². The lowest BCUT2D eigenvalue weighted by atomic mass is 10.2. The fourth-order valence-corrected chi connectivity index (χ4v) is 3.02. The van der Waals surface area contributed by atoms with E-state index in [2.05, 4.69) is 5.32 Å². The topological polar surface area (TPSA) is 66.5 Å². The molecule has 0 aliphatic heterocycles. The molecule has 1 rings (SSSR count). The van der Waals surface area contributed by atoms with E-state index in [1.165, 1.54) is 19.1 Å². The summed E-state index contributed by atoms with van der Waals surface area (Å²) in [6.45, 7) is 5.85. The van der Waals surface area contributed by atoms with Gasteiger partial charge in [-0.1, -0.05) is 13.8 Å². The summed E-state index contributed by atoms with van der Waals surface area (Å²) in [6.07, 6.45) is 1.02. The van der Waals surface area contributed by atoms with Crippen molar-refractivity contribution in [1.82, 2.24) is 5.32 Å². The number of halogens is 1. The van der Waals surface area contributed by atoms with Crippen molar-refractivity contribution in [3.8, 4) is 0 Å². The van der Waals surface area contributed by atoms with Crippen molar-refractivity contribution in [2.24, 2.45) is 5.92 Å². The van der Waals surface area contributed by atoms with Gasteiger partial charge in [0.2, 0.25) is 15.9 Å². The van der Waals surface area contributed by atoms with E-state index >= 15 is 0 Å². The number of nitrogens with one attached hydrogen (secondary N) is 1. The average Bonchev–Trinajstić information content (AvgIpc) is 2.36. The van der Waals surface area contributed by atoms with Gasteiger partial charge in [0.05, 0.1) is 11.9 Å². The molecular formula is C14H21FN2O3S. The van der Waals surface area contributed by atoms with Gasteiger partial charge in [-0.15, -0.1) is 0 Å². The third-order valence-electron chi connectivity index (χ3n) is 2.85. The van der Waals surface area contributed by atoms with Crippen molar-refractivity contribution >= 4 is 21.6 Å². The standard InChI is InChI=1S/C14H21FN2O3S/c1-10(2)9-16-14(18)11(3)17(21(4,19)20)13-7-5-12(15)6-8-13/h5-8,10-11H,9H2,1-4H3,(H,16,18)/t11-/m0/s1. The second kappa shape index (κ2) is 6.89. The Kier molecular flexibility index (Phi) is 5.71. The van der Waals surface area contributed by atoms with Crippen LogP contribution in [-0.2, 0) is 14.8 Å². The zero-order valence-electron chi connectivity index (χ0n) is 12.6. The summed E-state index contributed by atoms with van der Waals surface area (Å²) in [5.41, 5.74) is 0.256. The lowest BCUT2D eigenvalue weighted by Crippen LogP contribution is -2.48. The predicted molar refractivity (Wildman–Crippen MR) is 81.0 cm³/mol. The van der Waals surface area contributed by atoms with E-state index in [0.717, 1.165) is 22.7 Å². The molecule has 1 aromatic carbocycles. The molecule has 0 heterocycles. The van der Waals surface area contributed by atoms with Crippen molar-refractivity contribution in [3.63, 3.8) is 0 Å². The summed E-state index contributed by atoms with van der Waals surface area (Å²) in [5.74, 6) is -0.596. The molecule has 0 aliphatic rings. The maximum absolute atomic E-state index is 13.0. The van der Waals surface area contributed by atoms with Crippen molar-refractivity contribution in [2.45, 2.75) is 26.8 Å². The van der Waals surface area contributed by atoms with Crippen LogP contribution in [-0.4, -0.2) is 33.2 Å². The normalized spacial score (nSPS) is 13.0. The van der Waals surface area contributed by atoms with Crippen molar-refractivity contribution in [2.75, 3.05) is 17.1 Å². The molecule has 0 fully saturated rings. The Morgan fingerprint density at radius 3 is 2.19 bits per heavy atom. The van der Waals surface area contributed by atoms with Crippen LogP contribution >= 0.6 is 0 Å². The first-order chi connectivity index (χ1) is 9.62. The summed E-state index contributed by atoms with van der Waals surface area (Å²) < 4.78 is 37.9. The summed E-state index contributed by atoms with van der Waals surface area (Å²) in [4.78, 5) is 12.1. The number of rotatable bonds is 6. The molecule has 0 aliphatic carbocycles. The summed E-state index contributed by atoms with van der Waals surface area (Å²) in [7, 11) is -3.66. The number of sulfonamides is 1. The number of anilines is 1. The van der Waals surface area contributed by atoms with Gasteiger partial charge in [-0.05, 0) is 37.1 Å². The van der Waals surface area contributed by atoms with Crippen LogP contribution in [0.5, 0.6) is 0 Å². The van der Waals surface area contributed by atoms with Crippen LogP contribution < -0.4 is 9.62 Å². The zero-order valence-corrected chi connectivity index (χ0v) is 13.4. The number of carbonyl (C=O) groups is 1. The molecule has 0 bridgehead atoms. The van der Waals surface area contributed by atoms with Crippen molar-refractivity contribution in [3.05, 3.63) is 30.1 Å². The number of hydrogen-bond acceptors (Lipinski definition) is 3. The molecule has 1 amide bonds. The third-order valence-corrected chi connectivity index (χ3v) is 4.10. The van der Waals surface area contributed by atoms with Crippen molar-refractivity contribution in [1.29, 1.82) is 0 Å². The van der Waals surface area contributed by atoms with E-state index in [1.54, 1.807) is 0 Å². The number of amides is 1. The number of hydrogen-bond donors (Lipinski definition) is 1. The van der Waals surface area contributed by atoms with Gasteiger partial charge < -0.3 is 5.32 Å². The van der Waals surface area contributed by atoms with E-state index in [9.17, 15) is 17.6 Å². The number of benzene rings is 1. The van der Waals surface area contributed by atoms with Crippen LogP contribution in [0.4, 0.5) is 10.1 Å². The minimum absolute atomic E-state index is 0.256. The maximum atomic E-state index is 13.0. The maximum Gasteiger partial charge on any atom is 0.243 e. The predicted octanol–water partition coefficient (Wildman–Crippen LogP) is 1.75. The van der Waals surface area contributed by atoms with Crippen LogP contribution in [0, 0.1) is 11.7 Å². The van der Waals surface area contributed by atoms with Gasteiger partial charge in [0, 0.05) is 6.54 Å². The van der Waals surface area contributed by atoms with Gasteiger partial charge in [0.15, 0.2) is 0 Å². The Morgan fingerprint density at radius 2 is 1.76 bits per heavy atom. The first-order valence-corrected chi connectivity index (χ1v) is 8.50. The lowest BCUT2D eigenvalue weighted by molar-refractivity contribution is -0.121. The fourth-order valence-electron chi connectivity index (χ4n) is 1.85. The van der Waals surface area contributed by atoms with Gasteiger partial charge in [-0.3, -0.25) is 9.10 Å². The molecular weight excluding hydrogens is 295 g/mol. The third kappa shape index (κ3) is 5.00. The highest BCUT2D eigenvalue weighted by Gasteiger charge is 2.28.